The van der Waals surface area contributed by atoms with E-state index < -0.39 is 16.3 Å². The van der Waals surface area contributed by atoms with Gasteiger partial charge in [0.2, 0.25) is 5.91 Å². The van der Waals surface area contributed by atoms with Crippen molar-refractivity contribution in [3.63, 3.8) is 0 Å². The molecule has 26 heavy (non-hydrogen) atoms. The molecule has 9 heteroatoms. The van der Waals surface area contributed by atoms with E-state index in [2.05, 4.69) is 5.32 Å². The summed E-state index contributed by atoms with van der Waals surface area (Å²) in [7, 11) is 2.65. The average Bonchev–Trinajstić information content (AvgIpc) is 2.61. The first-order valence-corrected chi connectivity index (χ1v) is 8.16. The summed E-state index contributed by atoms with van der Waals surface area (Å²) in [6.45, 7) is 1.69. The van der Waals surface area contributed by atoms with Crippen molar-refractivity contribution in [3.05, 3.63) is 22.2 Å². The van der Waals surface area contributed by atoms with Crippen LogP contribution in [-0.4, -0.2) is 36.1 Å². The summed E-state index contributed by atoms with van der Waals surface area (Å²) in [5.74, 6) is -1.29. The second-order valence-electron chi connectivity index (χ2n) is 6.61. The number of hydrogen-bond acceptors (Lipinski definition) is 6. The summed E-state index contributed by atoms with van der Waals surface area (Å²) < 4.78 is 10.1. The minimum atomic E-state index is -0.849. The van der Waals surface area contributed by atoms with Crippen LogP contribution in [0.2, 0.25) is 0 Å². The van der Waals surface area contributed by atoms with Crippen molar-refractivity contribution < 1.29 is 29.1 Å². The highest BCUT2D eigenvalue weighted by Gasteiger charge is 2.39. The van der Waals surface area contributed by atoms with E-state index in [1.54, 1.807) is 6.92 Å². The molecule has 0 bridgehead atoms. The smallest absolute Gasteiger partial charge is 0.314 e. The van der Waals surface area contributed by atoms with Gasteiger partial charge in [-0.1, -0.05) is 0 Å². The Bertz CT molecular complexity index is 724. The van der Waals surface area contributed by atoms with Gasteiger partial charge in [-0.2, -0.15) is 0 Å². The van der Waals surface area contributed by atoms with Gasteiger partial charge in [-0.05, 0) is 32.6 Å². The zero-order chi connectivity index (χ0) is 19.5. The highest BCUT2D eigenvalue weighted by Crippen LogP contribution is 2.41. The van der Waals surface area contributed by atoms with E-state index in [1.807, 2.05) is 0 Å². The van der Waals surface area contributed by atoms with Crippen LogP contribution in [0.3, 0.4) is 0 Å². The summed E-state index contributed by atoms with van der Waals surface area (Å²) in [4.78, 5) is 34.3. The van der Waals surface area contributed by atoms with Gasteiger partial charge in [0, 0.05) is 12.0 Å². The Balaban J connectivity index is 2.16. The molecule has 0 heterocycles. The van der Waals surface area contributed by atoms with Crippen LogP contribution in [0.5, 0.6) is 11.5 Å². The van der Waals surface area contributed by atoms with E-state index in [0.29, 0.717) is 25.7 Å². The quantitative estimate of drug-likeness (QED) is 0.585. The Morgan fingerprint density at radius 1 is 1.23 bits per heavy atom. The molecule has 2 N–H and O–H groups in total. The molecule has 1 aliphatic rings. The van der Waals surface area contributed by atoms with Crippen LogP contribution in [0.25, 0.3) is 0 Å². The lowest BCUT2D eigenvalue weighted by Gasteiger charge is -2.33. The third-order valence-corrected chi connectivity index (χ3v) is 4.93. The number of amides is 1. The molecule has 0 unspecified atom stereocenters. The molecule has 0 radical (unpaired) electrons. The molecule has 0 aliphatic heterocycles. The number of benzene rings is 1. The molecule has 0 spiro atoms. The molecule has 1 amide bonds. The topological polar surface area (TPSA) is 128 Å². The summed E-state index contributed by atoms with van der Waals surface area (Å²) in [5.41, 5.74) is -0.797. The van der Waals surface area contributed by atoms with Crippen LogP contribution in [0.15, 0.2) is 12.1 Å². The van der Waals surface area contributed by atoms with Crippen LogP contribution >= 0.6 is 0 Å². The fraction of sp³-hybridized carbons (Fsp3) is 0.529. The van der Waals surface area contributed by atoms with E-state index in [-0.39, 0.29) is 34.7 Å². The van der Waals surface area contributed by atoms with Gasteiger partial charge in [0.25, 0.3) is 0 Å². The summed E-state index contributed by atoms with van der Waals surface area (Å²) in [6.07, 6.45) is 1.75. The molecular weight excluding hydrogens is 344 g/mol. The normalized spacial score (nSPS) is 22.3. The van der Waals surface area contributed by atoms with Crippen molar-refractivity contribution in [2.24, 2.45) is 11.3 Å². The molecule has 1 aromatic carbocycles. The lowest BCUT2D eigenvalue weighted by Crippen LogP contribution is -2.36. The van der Waals surface area contributed by atoms with Gasteiger partial charge in [0.05, 0.1) is 36.3 Å². The second-order valence-corrected chi connectivity index (χ2v) is 6.61. The number of nitro groups is 1. The van der Waals surface area contributed by atoms with Gasteiger partial charge in [-0.3, -0.25) is 19.7 Å². The summed E-state index contributed by atoms with van der Waals surface area (Å²) >= 11 is 0. The number of carboxylic acid groups (broad SMARTS) is 1. The predicted octanol–water partition coefficient (Wildman–Crippen LogP) is 2.83. The number of methoxy groups -OCH3 is 2. The number of anilines is 1. The highest BCUT2D eigenvalue weighted by atomic mass is 16.6. The number of aliphatic carboxylic acids is 1. The molecular formula is C17H22N2O7. The van der Waals surface area contributed by atoms with Crippen molar-refractivity contribution in [2.45, 2.75) is 32.6 Å². The lowest BCUT2D eigenvalue weighted by atomic mass is 9.71. The van der Waals surface area contributed by atoms with Gasteiger partial charge >= 0.3 is 11.7 Å². The van der Waals surface area contributed by atoms with E-state index in [1.165, 1.54) is 26.4 Å². The molecule has 0 aromatic heterocycles. The number of nitrogens with zero attached hydrogens (tertiary/aromatic N) is 1. The first-order valence-electron chi connectivity index (χ1n) is 8.16. The van der Waals surface area contributed by atoms with Gasteiger partial charge < -0.3 is 19.9 Å². The molecule has 1 aromatic rings. The van der Waals surface area contributed by atoms with E-state index in [0.717, 1.165) is 0 Å². The Labute approximate surface area is 150 Å². The largest absolute Gasteiger partial charge is 0.494 e. The van der Waals surface area contributed by atoms with Crippen molar-refractivity contribution in [2.75, 3.05) is 19.5 Å². The first kappa shape index (κ1) is 19.5. The second kappa shape index (κ2) is 7.59. The fourth-order valence-corrected chi connectivity index (χ4v) is 3.09. The van der Waals surface area contributed by atoms with Gasteiger partial charge in [-0.15, -0.1) is 0 Å². The third kappa shape index (κ3) is 3.87. The third-order valence-electron chi connectivity index (χ3n) is 4.93. The first-order chi connectivity index (χ1) is 12.2. The summed E-state index contributed by atoms with van der Waals surface area (Å²) in [6, 6.07) is 2.54. The van der Waals surface area contributed by atoms with Gasteiger partial charge in [0.1, 0.15) is 5.75 Å². The minimum Gasteiger partial charge on any atom is -0.494 e. The van der Waals surface area contributed by atoms with E-state index in [4.69, 9.17) is 9.47 Å². The standard InChI is InChI=1S/C17H22N2O7/c1-17(16(21)22)6-4-10(5-7-17)15(20)18-11-8-14(26-3)12(19(23)24)9-13(11)25-2/h8-10H,4-7H2,1-3H3,(H,18,20)(H,21,22). The summed E-state index contributed by atoms with van der Waals surface area (Å²) in [5, 5.41) is 23.1. The van der Waals surface area contributed by atoms with Crippen LogP contribution in [0.1, 0.15) is 32.6 Å². The Hall–Kier alpha value is -2.84. The monoisotopic (exact) mass is 366 g/mol. The fourth-order valence-electron chi connectivity index (χ4n) is 3.09. The lowest BCUT2D eigenvalue weighted by molar-refractivity contribution is -0.385. The number of carbonyl (C=O) groups is 2. The van der Waals surface area contributed by atoms with Crippen molar-refractivity contribution >= 4 is 23.3 Å². The molecule has 1 aliphatic carbocycles. The van der Waals surface area contributed by atoms with Crippen LogP contribution in [0, 0.1) is 21.4 Å². The van der Waals surface area contributed by atoms with E-state index >= 15 is 0 Å². The molecule has 9 nitrogen and oxygen atoms in total. The Morgan fingerprint density at radius 3 is 2.27 bits per heavy atom. The van der Waals surface area contributed by atoms with Gasteiger partial charge in [-0.25, -0.2) is 0 Å². The molecule has 0 saturated heterocycles. The number of hydrogen-bond donors (Lipinski definition) is 2. The maximum Gasteiger partial charge on any atom is 0.314 e. The zero-order valence-corrected chi connectivity index (χ0v) is 14.9. The van der Waals surface area contributed by atoms with Crippen molar-refractivity contribution in [1.82, 2.24) is 0 Å². The predicted molar refractivity (Wildman–Crippen MR) is 92.5 cm³/mol. The highest BCUT2D eigenvalue weighted by molar-refractivity contribution is 5.95. The minimum absolute atomic E-state index is 0.00759. The number of ether oxygens (including phenoxy) is 2. The number of nitrogens with one attached hydrogen (secondary N) is 1. The number of carboxylic acids is 1. The number of nitro benzene ring substituents is 1. The number of rotatable bonds is 6. The maximum atomic E-state index is 12.5. The van der Waals surface area contributed by atoms with Crippen molar-refractivity contribution in [3.8, 4) is 11.5 Å². The molecule has 0 atom stereocenters. The maximum absolute atomic E-state index is 12.5. The molecule has 142 valence electrons. The van der Waals surface area contributed by atoms with Crippen LogP contribution in [-0.2, 0) is 9.59 Å². The SMILES string of the molecule is COc1cc([N+](=O)[O-])c(OC)cc1NC(=O)C1CCC(C)(C(=O)O)CC1. The molecule has 2 rings (SSSR count). The number of carbonyl (C=O) groups excluding carboxylic acids is 1. The zero-order valence-electron chi connectivity index (χ0n) is 14.9. The van der Waals surface area contributed by atoms with Crippen LogP contribution < -0.4 is 14.8 Å². The van der Waals surface area contributed by atoms with Crippen molar-refractivity contribution in [1.29, 1.82) is 0 Å². The van der Waals surface area contributed by atoms with Crippen LogP contribution in [0.4, 0.5) is 11.4 Å². The Morgan fingerprint density at radius 2 is 1.81 bits per heavy atom. The molecule has 1 fully saturated rings. The van der Waals surface area contributed by atoms with Gasteiger partial charge in [0.15, 0.2) is 5.75 Å². The Kier molecular flexibility index (Phi) is 5.69. The molecule has 1 saturated carbocycles. The van der Waals surface area contributed by atoms with E-state index in [9.17, 15) is 24.8 Å². The average molecular weight is 366 g/mol.